The van der Waals surface area contributed by atoms with E-state index in [4.69, 9.17) is 0 Å². The molecule has 20 heavy (non-hydrogen) atoms. The highest BCUT2D eigenvalue weighted by molar-refractivity contribution is 5.51. The Balaban J connectivity index is 0.000000240. The number of benzene rings is 2. The molecule has 0 fully saturated rings. The van der Waals surface area contributed by atoms with Gasteiger partial charge in [0.2, 0.25) is 0 Å². The first-order valence-corrected chi connectivity index (χ1v) is 6.79. The monoisotopic (exact) mass is 265 g/mol. The molecule has 0 atom stereocenters. The molecular formula is C19H23N. The molecule has 0 saturated carbocycles. The van der Waals surface area contributed by atoms with Crippen LogP contribution in [-0.2, 0) is 0 Å². The Hall–Kier alpha value is -2.28. The van der Waals surface area contributed by atoms with E-state index in [1.54, 1.807) is 6.08 Å². The standard InChI is InChI=1S/C12H15N.C7H8/c1-4-11(5-2)13-12-8-6-10(3)7-9-12;1-7-5-3-2-4-6-7/h4-9,13H,1H2,2-3H3;2-6H,1H3/b11-5+;. The molecule has 1 nitrogen and oxygen atoms in total. The Bertz CT molecular complexity index is 536. The molecule has 1 heteroatoms. The van der Waals surface area contributed by atoms with Crippen LogP contribution in [0.1, 0.15) is 18.1 Å². The quantitative estimate of drug-likeness (QED) is 0.723. The van der Waals surface area contributed by atoms with Crippen LogP contribution in [-0.4, -0.2) is 0 Å². The van der Waals surface area contributed by atoms with E-state index in [1.165, 1.54) is 11.1 Å². The summed E-state index contributed by atoms with van der Waals surface area (Å²) in [6.45, 7) is 9.86. The van der Waals surface area contributed by atoms with Gasteiger partial charge in [0.1, 0.15) is 0 Å². The maximum Gasteiger partial charge on any atom is 0.0384 e. The minimum Gasteiger partial charge on any atom is -0.356 e. The summed E-state index contributed by atoms with van der Waals surface area (Å²) in [6.07, 6.45) is 3.80. The third-order valence-electron chi connectivity index (χ3n) is 2.81. The van der Waals surface area contributed by atoms with Crippen LogP contribution in [0.25, 0.3) is 0 Å². The second-order valence-electron chi connectivity index (χ2n) is 4.59. The molecule has 104 valence electrons. The highest BCUT2D eigenvalue weighted by Crippen LogP contribution is 2.11. The third-order valence-corrected chi connectivity index (χ3v) is 2.81. The molecule has 1 N–H and O–H groups in total. The molecule has 2 aromatic carbocycles. The highest BCUT2D eigenvalue weighted by atomic mass is 14.9. The first kappa shape index (κ1) is 15.8. The molecule has 2 aromatic rings. The summed E-state index contributed by atoms with van der Waals surface area (Å²) in [4.78, 5) is 0. The molecular weight excluding hydrogens is 242 g/mol. The van der Waals surface area contributed by atoms with Gasteiger partial charge in [0, 0.05) is 11.4 Å². The first-order valence-electron chi connectivity index (χ1n) is 6.79. The summed E-state index contributed by atoms with van der Waals surface area (Å²) in [5, 5.41) is 3.25. The van der Waals surface area contributed by atoms with Crippen LogP contribution in [0.4, 0.5) is 5.69 Å². The fourth-order valence-corrected chi connectivity index (χ4v) is 1.58. The molecule has 0 aliphatic carbocycles. The molecule has 0 aliphatic rings. The molecule has 2 rings (SSSR count). The number of rotatable bonds is 3. The van der Waals surface area contributed by atoms with Gasteiger partial charge >= 0.3 is 0 Å². The Morgan fingerprint density at radius 2 is 1.45 bits per heavy atom. The predicted molar refractivity (Wildman–Crippen MR) is 89.9 cm³/mol. The van der Waals surface area contributed by atoms with Gasteiger partial charge in [-0.25, -0.2) is 0 Å². The molecule has 0 heterocycles. The Morgan fingerprint density at radius 3 is 1.85 bits per heavy atom. The van der Waals surface area contributed by atoms with E-state index in [0.717, 1.165) is 11.4 Å². The van der Waals surface area contributed by atoms with E-state index in [-0.39, 0.29) is 0 Å². The topological polar surface area (TPSA) is 12.0 Å². The van der Waals surface area contributed by atoms with Crippen LogP contribution < -0.4 is 5.32 Å². The molecule has 0 radical (unpaired) electrons. The van der Waals surface area contributed by atoms with Crippen LogP contribution in [0.2, 0.25) is 0 Å². The van der Waals surface area contributed by atoms with Gasteiger partial charge in [-0.3, -0.25) is 0 Å². The second-order valence-corrected chi connectivity index (χ2v) is 4.59. The fourth-order valence-electron chi connectivity index (χ4n) is 1.58. The zero-order valence-electron chi connectivity index (χ0n) is 12.6. The highest BCUT2D eigenvalue weighted by Gasteiger charge is 1.91. The predicted octanol–water partition coefficient (Wildman–Crippen LogP) is 5.49. The van der Waals surface area contributed by atoms with Crippen LogP contribution in [0.5, 0.6) is 0 Å². The lowest BCUT2D eigenvalue weighted by Crippen LogP contribution is -1.95. The maximum atomic E-state index is 3.71. The Kier molecular flexibility index (Phi) is 6.91. The van der Waals surface area contributed by atoms with E-state index < -0.39 is 0 Å². The second kappa shape index (κ2) is 8.76. The van der Waals surface area contributed by atoms with E-state index >= 15 is 0 Å². The van der Waals surface area contributed by atoms with Crippen molar-refractivity contribution in [2.45, 2.75) is 20.8 Å². The van der Waals surface area contributed by atoms with Crippen LogP contribution in [0.15, 0.2) is 79.0 Å². The van der Waals surface area contributed by atoms with E-state index in [1.807, 2.05) is 31.2 Å². The Morgan fingerprint density at radius 1 is 0.900 bits per heavy atom. The van der Waals surface area contributed by atoms with Crippen molar-refractivity contribution >= 4 is 5.69 Å². The van der Waals surface area contributed by atoms with Gasteiger partial charge in [0.25, 0.3) is 0 Å². The minimum absolute atomic E-state index is 1.03. The average molecular weight is 265 g/mol. The fraction of sp³-hybridized carbons (Fsp3) is 0.158. The van der Waals surface area contributed by atoms with Gasteiger partial charge < -0.3 is 5.32 Å². The van der Waals surface area contributed by atoms with Gasteiger partial charge in [0.15, 0.2) is 0 Å². The van der Waals surface area contributed by atoms with Crippen LogP contribution in [0.3, 0.4) is 0 Å². The smallest absolute Gasteiger partial charge is 0.0384 e. The molecule has 0 unspecified atom stereocenters. The molecule has 0 saturated heterocycles. The molecule has 0 amide bonds. The SMILES string of the molecule is C=C/C(=C\C)Nc1ccc(C)cc1.Cc1ccccc1. The number of anilines is 1. The summed E-state index contributed by atoms with van der Waals surface area (Å²) in [6, 6.07) is 18.5. The van der Waals surface area contributed by atoms with Crippen molar-refractivity contribution in [3.63, 3.8) is 0 Å². The summed E-state index contributed by atoms with van der Waals surface area (Å²) in [7, 11) is 0. The number of aryl methyl sites for hydroxylation is 2. The van der Waals surface area contributed by atoms with E-state index in [9.17, 15) is 0 Å². The third kappa shape index (κ3) is 6.05. The summed E-state index contributed by atoms with van der Waals surface area (Å²) in [5.74, 6) is 0. The number of nitrogens with one attached hydrogen (secondary N) is 1. The van der Waals surface area contributed by atoms with Crippen molar-refractivity contribution < 1.29 is 0 Å². The van der Waals surface area contributed by atoms with Gasteiger partial charge in [-0.05, 0) is 39.0 Å². The molecule has 0 bridgehead atoms. The van der Waals surface area contributed by atoms with Crippen molar-refractivity contribution in [1.82, 2.24) is 0 Å². The largest absolute Gasteiger partial charge is 0.356 e. The van der Waals surface area contributed by atoms with Crippen molar-refractivity contribution in [3.05, 3.63) is 90.2 Å². The summed E-state index contributed by atoms with van der Waals surface area (Å²) in [5.41, 5.74) is 4.72. The van der Waals surface area contributed by atoms with Crippen molar-refractivity contribution in [2.24, 2.45) is 0 Å². The lowest BCUT2D eigenvalue weighted by molar-refractivity contribution is 1.41. The van der Waals surface area contributed by atoms with E-state index in [0.29, 0.717) is 0 Å². The number of hydrogen-bond donors (Lipinski definition) is 1. The van der Waals surface area contributed by atoms with Gasteiger partial charge in [0.05, 0.1) is 0 Å². The lowest BCUT2D eigenvalue weighted by Gasteiger charge is -2.06. The Labute approximate surface area is 122 Å². The number of allylic oxidation sites excluding steroid dienone is 2. The molecule has 0 spiro atoms. The molecule has 0 aliphatic heterocycles. The average Bonchev–Trinajstić information content (AvgIpc) is 2.48. The van der Waals surface area contributed by atoms with Crippen molar-refractivity contribution in [2.75, 3.05) is 5.32 Å². The first-order chi connectivity index (χ1) is 9.65. The van der Waals surface area contributed by atoms with Gasteiger partial charge in [-0.2, -0.15) is 0 Å². The maximum absolute atomic E-state index is 3.71. The van der Waals surface area contributed by atoms with Crippen molar-refractivity contribution in [3.8, 4) is 0 Å². The van der Waals surface area contributed by atoms with Gasteiger partial charge in [-0.1, -0.05) is 66.2 Å². The normalized spacial score (nSPS) is 10.2. The summed E-state index contributed by atoms with van der Waals surface area (Å²) >= 11 is 0. The zero-order chi connectivity index (χ0) is 14.8. The van der Waals surface area contributed by atoms with Gasteiger partial charge in [-0.15, -0.1) is 0 Å². The van der Waals surface area contributed by atoms with Crippen LogP contribution in [0, 0.1) is 13.8 Å². The van der Waals surface area contributed by atoms with E-state index in [2.05, 4.69) is 62.1 Å². The lowest BCUT2D eigenvalue weighted by atomic mass is 10.2. The summed E-state index contributed by atoms with van der Waals surface area (Å²) < 4.78 is 0. The minimum atomic E-state index is 1.03. The molecule has 0 aromatic heterocycles. The number of hydrogen-bond acceptors (Lipinski definition) is 1. The zero-order valence-corrected chi connectivity index (χ0v) is 12.6. The van der Waals surface area contributed by atoms with Crippen LogP contribution >= 0.6 is 0 Å². The van der Waals surface area contributed by atoms with Crippen molar-refractivity contribution in [1.29, 1.82) is 0 Å².